The first kappa shape index (κ1) is 18.0. The summed E-state index contributed by atoms with van der Waals surface area (Å²) in [5, 5.41) is 0. The largest absolute Gasteiger partial charge is 0.335 e. The first-order valence-electron chi connectivity index (χ1n) is 8.45. The predicted molar refractivity (Wildman–Crippen MR) is 93.5 cm³/mol. The predicted octanol–water partition coefficient (Wildman–Crippen LogP) is 3.24. The molecule has 23 heavy (non-hydrogen) atoms. The molecule has 1 unspecified atom stereocenters. The molecular formula is C18H27NO3S. The van der Waals surface area contributed by atoms with E-state index in [0.29, 0.717) is 24.4 Å². The molecule has 4 nitrogen and oxygen atoms in total. The Hall–Kier alpha value is -1.36. The van der Waals surface area contributed by atoms with Crippen LogP contribution in [0, 0.1) is 0 Å². The molecule has 1 amide bonds. The van der Waals surface area contributed by atoms with Crippen LogP contribution >= 0.6 is 0 Å². The van der Waals surface area contributed by atoms with E-state index in [1.807, 2.05) is 24.3 Å². The van der Waals surface area contributed by atoms with E-state index in [2.05, 4.69) is 20.8 Å². The van der Waals surface area contributed by atoms with E-state index in [4.69, 9.17) is 0 Å². The summed E-state index contributed by atoms with van der Waals surface area (Å²) in [6.07, 6.45) is 2.43. The molecule has 0 aliphatic carbocycles. The molecule has 1 atom stereocenters. The molecule has 1 aliphatic heterocycles. The Balaban J connectivity index is 2.19. The van der Waals surface area contributed by atoms with Crippen LogP contribution in [0.4, 0.5) is 0 Å². The summed E-state index contributed by atoms with van der Waals surface area (Å²) in [5.41, 5.74) is 1.85. The summed E-state index contributed by atoms with van der Waals surface area (Å²) < 4.78 is 23.5. The third-order valence-electron chi connectivity index (χ3n) is 4.49. The molecule has 1 aromatic carbocycles. The molecule has 1 saturated heterocycles. The summed E-state index contributed by atoms with van der Waals surface area (Å²) in [7, 11) is -2.99. The lowest BCUT2D eigenvalue weighted by Gasteiger charge is -2.28. The van der Waals surface area contributed by atoms with Crippen LogP contribution in [0.3, 0.4) is 0 Å². The second-order valence-corrected chi connectivity index (χ2v) is 8.91. The maximum absolute atomic E-state index is 12.9. The fourth-order valence-electron chi connectivity index (χ4n) is 2.98. The molecular weight excluding hydrogens is 310 g/mol. The van der Waals surface area contributed by atoms with Crippen molar-refractivity contribution in [2.45, 2.75) is 52.0 Å². The topological polar surface area (TPSA) is 54.5 Å². The zero-order valence-electron chi connectivity index (χ0n) is 14.3. The fraction of sp³-hybridized carbons (Fsp3) is 0.611. The van der Waals surface area contributed by atoms with E-state index in [1.54, 1.807) is 4.90 Å². The number of rotatable bonds is 6. The molecule has 1 heterocycles. The molecule has 0 radical (unpaired) electrons. The van der Waals surface area contributed by atoms with E-state index < -0.39 is 9.84 Å². The minimum absolute atomic E-state index is 0.0455. The second-order valence-electron chi connectivity index (χ2n) is 6.69. The van der Waals surface area contributed by atoms with Gasteiger partial charge >= 0.3 is 0 Å². The number of amides is 1. The van der Waals surface area contributed by atoms with Gasteiger partial charge in [0.05, 0.1) is 11.5 Å². The summed E-state index contributed by atoms with van der Waals surface area (Å²) >= 11 is 0. The highest BCUT2D eigenvalue weighted by Gasteiger charge is 2.34. The maximum Gasteiger partial charge on any atom is 0.254 e. The van der Waals surface area contributed by atoms with Crippen LogP contribution in [0.5, 0.6) is 0 Å². The van der Waals surface area contributed by atoms with Crippen molar-refractivity contribution in [2.24, 2.45) is 0 Å². The SMILES string of the molecule is CCCCN(C(=O)c1ccc(C(C)C)cc1)C1CCS(=O)(=O)C1. The highest BCUT2D eigenvalue weighted by Crippen LogP contribution is 2.22. The Morgan fingerprint density at radius 2 is 1.91 bits per heavy atom. The minimum atomic E-state index is -2.99. The molecule has 1 aliphatic rings. The average Bonchev–Trinajstić information content (AvgIpc) is 2.87. The van der Waals surface area contributed by atoms with Crippen molar-refractivity contribution in [1.82, 2.24) is 4.90 Å². The van der Waals surface area contributed by atoms with Crippen molar-refractivity contribution < 1.29 is 13.2 Å². The first-order valence-corrected chi connectivity index (χ1v) is 10.3. The van der Waals surface area contributed by atoms with Gasteiger partial charge in [0.2, 0.25) is 0 Å². The molecule has 1 fully saturated rings. The number of carbonyl (C=O) groups excluding carboxylic acids is 1. The van der Waals surface area contributed by atoms with E-state index in [0.717, 1.165) is 12.8 Å². The summed E-state index contributed by atoms with van der Waals surface area (Å²) in [5.74, 6) is 0.679. The number of sulfone groups is 1. The summed E-state index contributed by atoms with van der Waals surface area (Å²) in [6, 6.07) is 7.52. The van der Waals surface area contributed by atoms with Crippen LogP contribution in [0.15, 0.2) is 24.3 Å². The van der Waals surface area contributed by atoms with Crippen LogP contribution in [0.2, 0.25) is 0 Å². The van der Waals surface area contributed by atoms with E-state index in [9.17, 15) is 13.2 Å². The van der Waals surface area contributed by atoms with Gasteiger partial charge in [-0.25, -0.2) is 8.42 Å². The number of nitrogens with zero attached hydrogens (tertiary/aromatic N) is 1. The van der Waals surface area contributed by atoms with Gasteiger partial charge in [-0.1, -0.05) is 39.3 Å². The number of unbranched alkanes of at least 4 members (excludes halogenated alkanes) is 1. The van der Waals surface area contributed by atoms with Gasteiger partial charge in [0, 0.05) is 18.2 Å². The molecule has 0 spiro atoms. The smallest absolute Gasteiger partial charge is 0.254 e. The fourth-order valence-corrected chi connectivity index (χ4v) is 4.71. The van der Waals surface area contributed by atoms with Gasteiger partial charge in [0.1, 0.15) is 0 Å². The van der Waals surface area contributed by atoms with E-state index in [-0.39, 0.29) is 23.5 Å². The van der Waals surface area contributed by atoms with Crippen LogP contribution in [0.1, 0.15) is 61.9 Å². The van der Waals surface area contributed by atoms with Gasteiger partial charge in [-0.15, -0.1) is 0 Å². The zero-order chi connectivity index (χ0) is 17.0. The van der Waals surface area contributed by atoms with Crippen molar-refractivity contribution in [3.63, 3.8) is 0 Å². The normalized spacial score (nSPS) is 19.9. The molecule has 128 valence electrons. The zero-order valence-corrected chi connectivity index (χ0v) is 15.1. The molecule has 0 bridgehead atoms. The van der Waals surface area contributed by atoms with Crippen LogP contribution < -0.4 is 0 Å². The highest BCUT2D eigenvalue weighted by atomic mass is 32.2. The van der Waals surface area contributed by atoms with Crippen molar-refractivity contribution >= 4 is 15.7 Å². The van der Waals surface area contributed by atoms with Crippen molar-refractivity contribution in [2.75, 3.05) is 18.1 Å². The lowest BCUT2D eigenvalue weighted by atomic mass is 10.0. The van der Waals surface area contributed by atoms with Gasteiger partial charge in [-0.3, -0.25) is 4.79 Å². The molecule has 5 heteroatoms. The van der Waals surface area contributed by atoms with Crippen molar-refractivity contribution in [3.8, 4) is 0 Å². The Labute approximate surface area is 139 Å². The average molecular weight is 337 g/mol. The second kappa shape index (κ2) is 7.47. The molecule has 0 saturated carbocycles. The number of hydrogen-bond donors (Lipinski definition) is 0. The Morgan fingerprint density at radius 3 is 2.39 bits per heavy atom. The first-order chi connectivity index (χ1) is 10.8. The van der Waals surface area contributed by atoms with Crippen LogP contribution in [-0.4, -0.2) is 43.3 Å². The van der Waals surface area contributed by atoms with Gasteiger partial charge in [-0.05, 0) is 36.5 Å². The van der Waals surface area contributed by atoms with Crippen LogP contribution in [-0.2, 0) is 9.84 Å². The van der Waals surface area contributed by atoms with Crippen LogP contribution in [0.25, 0.3) is 0 Å². The molecule has 0 N–H and O–H groups in total. The Bertz CT molecular complexity index is 635. The number of carbonyl (C=O) groups is 1. The maximum atomic E-state index is 12.9. The van der Waals surface area contributed by atoms with Crippen molar-refractivity contribution in [1.29, 1.82) is 0 Å². The lowest BCUT2D eigenvalue weighted by Crippen LogP contribution is -2.41. The molecule has 1 aromatic rings. The van der Waals surface area contributed by atoms with Gasteiger partial charge in [0.15, 0.2) is 9.84 Å². The Kier molecular flexibility index (Phi) is 5.84. The standard InChI is InChI=1S/C18H27NO3S/c1-4-5-11-19(17-10-12-23(21,22)13-17)18(20)16-8-6-15(7-9-16)14(2)3/h6-9,14,17H,4-5,10-13H2,1-3H3. The number of benzene rings is 1. The quantitative estimate of drug-likeness (QED) is 0.801. The summed E-state index contributed by atoms with van der Waals surface area (Å²) in [6.45, 7) is 6.94. The molecule has 2 rings (SSSR count). The van der Waals surface area contributed by atoms with Gasteiger partial charge in [-0.2, -0.15) is 0 Å². The highest BCUT2D eigenvalue weighted by molar-refractivity contribution is 7.91. The van der Waals surface area contributed by atoms with E-state index >= 15 is 0 Å². The third kappa shape index (κ3) is 4.56. The van der Waals surface area contributed by atoms with Gasteiger partial charge < -0.3 is 4.90 Å². The Morgan fingerprint density at radius 1 is 1.26 bits per heavy atom. The van der Waals surface area contributed by atoms with Crippen molar-refractivity contribution in [3.05, 3.63) is 35.4 Å². The monoisotopic (exact) mass is 337 g/mol. The minimum Gasteiger partial charge on any atom is -0.335 e. The number of hydrogen-bond acceptors (Lipinski definition) is 3. The lowest BCUT2D eigenvalue weighted by molar-refractivity contribution is 0.0694. The molecule has 0 aromatic heterocycles. The van der Waals surface area contributed by atoms with Gasteiger partial charge in [0.25, 0.3) is 5.91 Å². The van der Waals surface area contributed by atoms with E-state index in [1.165, 1.54) is 5.56 Å². The third-order valence-corrected chi connectivity index (χ3v) is 6.24. The summed E-state index contributed by atoms with van der Waals surface area (Å²) in [4.78, 5) is 14.6.